The average molecular weight is 438 g/mol. The van der Waals surface area contributed by atoms with Crippen molar-refractivity contribution in [2.24, 2.45) is 10.1 Å². The summed E-state index contributed by atoms with van der Waals surface area (Å²) in [6.07, 6.45) is 0.815. The minimum absolute atomic E-state index is 0.178. The summed E-state index contributed by atoms with van der Waals surface area (Å²) in [5.41, 5.74) is 2.65. The van der Waals surface area contributed by atoms with Crippen LogP contribution in [0.25, 0.3) is 0 Å². The number of rotatable bonds is 6. The summed E-state index contributed by atoms with van der Waals surface area (Å²) < 4.78 is 36.4. The van der Waals surface area contributed by atoms with Crippen LogP contribution in [-0.2, 0) is 23.0 Å². The molecule has 2 aliphatic heterocycles. The van der Waals surface area contributed by atoms with E-state index in [4.69, 9.17) is 19.6 Å². The molecule has 0 saturated carbocycles. The van der Waals surface area contributed by atoms with E-state index in [0.717, 1.165) is 39.9 Å². The molecule has 156 valence electrons. The number of primary sulfonamides is 1. The summed E-state index contributed by atoms with van der Waals surface area (Å²) in [6.45, 7) is 5.65. The highest BCUT2D eigenvalue weighted by molar-refractivity contribution is 7.99. The van der Waals surface area contributed by atoms with Crippen LogP contribution in [0.4, 0.5) is 5.82 Å². The number of nitrogens with one attached hydrogen (secondary N) is 1. The Kier molecular flexibility index (Phi) is 5.45. The third-order valence-corrected chi connectivity index (χ3v) is 6.59. The predicted molar refractivity (Wildman–Crippen MR) is 112 cm³/mol. The summed E-state index contributed by atoms with van der Waals surface area (Å²) in [5.74, 6) is 2.04. The van der Waals surface area contributed by atoms with Crippen LogP contribution in [0.1, 0.15) is 25.1 Å². The number of aliphatic imine (C=N–C) groups is 1. The van der Waals surface area contributed by atoms with Gasteiger partial charge in [0.2, 0.25) is 10.0 Å². The maximum atomic E-state index is 11.6. The SMILES string of the molecule is CCc1cc2c(cc1Sc1nc3c(n1CCS(N)(=O)=O)NCN=C3C)OCCO2. The number of nitrogens with two attached hydrogens (primary N) is 1. The molecule has 0 fully saturated rings. The van der Waals surface area contributed by atoms with E-state index in [9.17, 15) is 8.42 Å². The largest absolute Gasteiger partial charge is 0.486 e. The summed E-state index contributed by atoms with van der Waals surface area (Å²) in [6, 6.07) is 3.96. The molecule has 29 heavy (non-hydrogen) atoms. The molecule has 0 radical (unpaired) electrons. The Morgan fingerprint density at radius 3 is 2.69 bits per heavy atom. The predicted octanol–water partition coefficient (Wildman–Crippen LogP) is 1.85. The van der Waals surface area contributed by atoms with E-state index in [0.29, 0.717) is 30.8 Å². The first kappa shape index (κ1) is 20.0. The Morgan fingerprint density at radius 2 is 2.00 bits per heavy atom. The minimum atomic E-state index is -3.61. The molecule has 3 N–H and O–H groups in total. The van der Waals surface area contributed by atoms with Crippen molar-refractivity contribution >= 4 is 33.3 Å². The molecular formula is C18H23N5O4S2. The maximum absolute atomic E-state index is 11.6. The average Bonchev–Trinajstić information content (AvgIpc) is 3.04. The van der Waals surface area contributed by atoms with Gasteiger partial charge in [0.15, 0.2) is 16.7 Å². The number of nitrogens with zero attached hydrogens (tertiary/aromatic N) is 3. The number of benzene rings is 1. The third-order valence-electron chi connectivity index (χ3n) is 4.74. The third kappa shape index (κ3) is 4.21. The first-order chi connectivity index (χ1) is 13.9. The van der Waals surface area contributed by atoms with Gasteiger partial charge in [0.25, 0.3) is 0 Å². The summed E-state index contributed by atoms with van der Waals surface area (Å²) in [4.78, 5) is 10.1. The molecule has 4 rings (SSSR count). The van der Waals surface area contributed by atoms with Crippen molar-refractivity contribution in [1.29, 1.82) is 0 Å². The maximum Gasteiger partial charge on any atom is 0.210 e. The van der Waals surface area contributed by atoms with Gasteiger partial charge in [0.1, 0.15) is 31.4 Å². The van der Waals surface area contributed by atoms with Gasteiger partial charge in [-0.15, -0.1) is 0 Å². The molecular weight excluding hydrogens is 414 g/mol. The number of aryl methyl sites for hydroxylation is 1. The number of sulfonamides is 1. The molecule has 2 aromatic rings. The Hall–Kier alpha value is -2.24. The topological polar surface area (TPSA) is 121 Å². The highest BCUT2D eigenvalue weighted by atomic mass is 32.2. The zero-order valence-corrected chi connectivity index (χ0v) is 17.9. The second-order valence-electron chi connectivity index (χ2n) is 6.75. The van der Waals surface area contributed by atoms with Gasteiger partial charge in [-0.2, -0.15) is 0 Å². The Labute approximate surface area is 173 Å². The number of aromatic nitrogens is 2. The van der Waals surface area contributed by atoms with E-state index in [1.807, 2.05) is 23.6 Å². The number of fused-ring (bicyclic) bond motifs is 2. The normalized spacial score (nSPS) is 15.5. The summed E-state index contributed by atoms with van der Waals surface area (Å²) >= 11 is 1.47. The lowest BCUT2D eigenvalue weighted by molar-refractivity contribution is 0.171. The smallest absolute Gasteiger partial charge is 0.210 e. The fraction of sp³-hybridized carbons (Fsp3) is 0.444. The van der Waals surface area contributed by atoms with Gasteiger partial charge >= 0.3 is 0 Å². The molecule has 0 spiro atoms. The lowest BCUT2D eigenvalue weighted by Gasteiger charge is -2.21. The molecule has 0 atom stereocenters. The van der Waals surface area contributed by atoms with Crippen LogP contribution in [-0.4, -0.2) is 49.3 Å². The molecule has 0 amide bonds. The second-order valence-corrected chi connectivity index (χ2v) is 9.49. The van der Waals surface area contributed by atoms with E-state index in [-0.39, 0.29) is 12.3 Å². The van der Waals surface area contributed by atoms with Gasteiger partial charge in [-0.25, -0.2) is 18.5 Å². The van der Waals surface area contributed by atoms with Crippen LogP contribution < -0.4 is 19.9 Å². The Balaban J connectivity index is 1.74. The molecule has 2 aliphatic rings. The van der Waals surface area contributed by atoms with Crippen molar-refractivity contribution in [3.63, 3.8) is 0 Å². The minimum Gasteiger partial charge on any atom is -0.486 e. The van der Waals surface area contributed by atoms with Gasteiger partial charge in [0.05, 0.1) is 11.5 Å². The monoisotopic (exact) mass is 437 g/mol. The van der Waals surface area contributed by atoms with Crippen LogP contribution >= 0.6 is 11.8 Å². The zero-order valence-electron chi connectivity index (χ0n) is 16.3. The van der Waals surface area contributed by atoms with Crippen molar-refractivity contribution in [1.82, 2.24) is 9.55 Å². The second kappa shape index (κ2) is 7.88. The van der Waals surface area contributed by atoms with E-state index < -0.39 is 10.0 Å². The Bertz CT molecular complexity index is 1080. The van der Waals surface area contributed by atoms with Crippen molar-refractivity contribution < 1.29 is 17.9 Å². The van der Waals surface area contributed by atoms with E-state index in [2.05, 4.69) is 17.2 Å². The first-order valence-electron chi connectivity index (χ1n) is 9.32. The Morgan fingerprint density at radius 1 is 1.28 bits per heavy atom. The van der Waals surface area contributed by atoms with E-state index >= 15 is 0 Å². The summed E-state index contributed by atoms with van der Waals surface area (Å²) in [7, 11) is -3.61. The number of hydrogen-bond acceptors (Lipinski definition) is 8. The molecule has 11 heteroatoms. The highest BCUT2D eigenvalue weighted by Crippen LogP contribution is 2.41. The number of hydrogen-bond donors (Lipinski definition) is 2. The fourth-order valence-corrected chi connectivity index (χ4v) is 4.82. The number of anilines is 1. The standard InChI is InChI=1S/C18H23N5O4S2/c1-3-12-8-13-14(27-6-5-26-13)9-15(12)28-18-22-16-11(2)20-10-21-17(16)23(18)4-7-29(19,24)25/h8-9,21H,3-7,10H2,1-2H3,(H2,19,24,25). The van der Waals surface area contributed by atoms with Crippen LogP contribution in [0, 0.1) is 0 Å². The number of imidazole rings is 1. The van der Waals surface area contributed by atoms with Crippen molar-refractivity contribution in [2.75, 3.05) is 31.0 Å². The van der Waals surface area contributed by atoms with E-state index in [1.54, 1.807) is 0 Å². The number of ether oxygens (including phenoxy) is 2. The molecule has 0 bridgehead atoms. The lowest BCUT2D eigenvalue weighted by Crippen LogP contribution is -2.22. The van der Waals surface area contributed by atoms with Gasteiger partial charge in [0, 0.05) is 11.4 Å². The first-order valence-corrected chi connectivity index (χ1v) is 11.9. The van der Waals surface area contributed by atoms with Crippen molar-refractivity contribution in [3.8, 4) is 11.5 Å². The van der Waals surface area contributed by atoms with Gasteiger partial charge in [-0.05, 0) is 31.0 Å². The summed E-state index contributed by atoms with van der Waals surface area (Å²) in [5, 5.41) is 9.11. The van der Waals surface area contributed by atoms with Gasteiger partial charge in [-0.3, -0.25) is 4.99 Å². The molecule has 3 heterocycles. The van der Waals surface area contributed by atoms with Crippen molar-refractivity contribution in [2.45, 2.75) is 36.9 Å². The van der Waals surface area contributed by atoms with Crippen molar-refractivity contribution in [3.05, 3.63) is 23.4 Å². The fourth-order valence-electron chi connectivity index (χ4n) is 3.26. The lowest BCUT2D eigenvalue weighted by atomic mass is 10.1. The van der Waals surface area contributed by atoms with Crippen LogP contribution in [0.5, 0.6) is 11.5 Å². The quantitative estimate of drug-likeness (QED) is 0.707. The molecule has 9 nitrogen and oxygen atoms in total. The molecule has 0 unspecified atom stereocenters. The molecule has 1 aromatic heterocycles. The van der Waals surface area contributed by atoms with Gasteiger partial charge < -0.3 is 19.4 Å². The molecule has 1 aromatic carbocycles. The van der Waals surface area contributed by atoms with Crippen LogP contribution in [0.2, 0.25) is 0 Å². The zero-order chi connectivity index (χ0) is 20.6. The highest BCUT2D eigenvalue weighted by Gasteiger charge is 2.24. The van der Waals surface area contributed by atoms with E-state index in [1.165, 1.54) is 11.8 Å². The van der Waals surface area contributed by atoms with Crippen LogP contribution in [0.3, 0.4) is 0 Å². The molecule has 0 saturated heterocycles. The van der Waals surface area contributed by atoms with Crippen LogP contribution in [0.15, 0.2) is 27.2 Å². The molecule has 0 aliphatic carbocycles. The van der Waals surface area contributed by atoms with Gasteiger partial charge in [-0.1, -0.05) is 18.7 Å².